The molecule has 2 rings (SSSR count). The van der Waals surface area contributed by atoms with Gasteiger partial charge >= 0.3 is 0 Å². The minimum absolute atomic E-state index is 0.282. The summed E-state index contributed by atoms with van der Waals surface area (Å²) in [5.41, 5.74) is 2.97. The third-order valence-electron chi connectivity index (χ3n) is 2.21. The van der Waals surface area contributed by atoms with Gasteiger partial charge in [-0.15, -0.1) is 0 Å². The highest BCUT2D eigenvalue weighted by atomic mass is 79.9. The van der Waals surface area contributed by atoms with Gasteiger partial charge in [-0.1, -0.05) is 15.9 Å². The Hall–Kier alpha value is -1.29. The maximum atomic E-state index is 9.30. The summed E-state index contributed by atoms with van der Waals surface area (Å²) in [4.78, 5) is 0. The lowest BCUT2D eigenvalue weighted by molar-refractivity contribution is 0.474. The quantitative estimate of drug-likeness (QED) is 0.849. The molecule has 1 N–H and O–H groups in total. The number of hydrogen-bond donors (Lipinski definition) is 1. The maximum absolute atomic E-state index is 9.30. The molecule has 15 heavy (non-hydrogen) atoms. The van der Waals surface area contributed by atoms with Gasteiger partial charge in [-0.2, -0.15) is 5.10 Å². The molecular formula is C11H11BrN2O. The predicted molar refractivity (Wildman–Crippen MR) is 62.6 cm³/mol. The Kier molecular flexibility index (Phi) is 2.77. The van der Waals surface area contributed by atoms with Crippen molar-refractivity contribution < 1.29 is 5.11 Å². The number of halogens is 1. The Morgan fingerprint density at radius 1 is 1.40 bits per heavy atom. The minimum Gasteiger partial charge on any atom is -0.508 e. The molecule has 1 heterocycles. The third kappa shape index (κ3) is 2.04. The Morgan fingerprint density at radius 2 is 2.20 bits per heavy atom. The summed E-state index contributed by atoms with van der Waals surface area (Å²) >= 11 is 3.36. The largest absolute Gasteiger partial charge is 0.508 e. The molecule has 0 atom stereocenters. The highest BCUT2D eigenvalue weighted by Crippen LogP contribution is 2.19. The molecule has 1 aromatic carbocycles. The Bertz CT molecular complexity index is 479. The van der Waals surface area contributed by atoms with Crippen LogP contribution in [0.4, 0.5) is 0 Å². The SMILES string of the molecule is Cc1cc(O)ccc1-n1ccc(CBr)n1. The van der Waals surface area contributed by atoms with Crippen molar-refractivity contribution in [3.63, 3.8) is 0 Å². The number of aromatic nitrogens is 2. The summed E-state index contributed by atoms with van der Waals surface area (Å²) in [5, 5.41) is 14.4. The van der Waals surface area contributed by atoms with Crippen LogP contribution in [0.2, 0.25) is 0 Å². The zero-order valence-corrected chi connectivity index (χ0v) is 9.90. The van der Waals surface area contributed by atoms with Crippen LogP contribution in [0.3, 0.4) is 0 Å². The van der Waals surface area contributed by atoms with Gasteiger partial charge in [0.25, 0.3) is 0 Å². The van der Waals surface area contributed by atoms with Crippen LogP contribution in [0.5, 0.6) is 5.75 Å². The Labute approximate surface area is 96.5 Å². The smallest absolute Gasteiger partial charge is 0.115 e. The normalized spacial score (nSPS) is 10.5. The Morgan fingerprint density at radius 3 is 2.80 bits per heavy atom. The van der Waals surface area contributed by atoms with Gasteiger partial charge in [0.15, 0.2) is 0 Å². The van der Waals surface area contributed by atoms with Gasteiger partial charge in [0.2, 0.25) is 0 Å². The zero-order valence-electron chi connectivity index (χ0n) is 8.31. The molecular weight excluding hydrogens is 256 g/mol. The molecule has 0 aliphatic heterocycles. The molecule has 4 heteroatoms. The summed E-state index contributed by atoms with van der Waals surface area (Å²) in [6.45, 7) is 1.95. The van der Waals surface area contributed by atoms with Crippen LogP contribution in [0.25, 0.3) is 5.69 Å². The molecule has 0 saturated carbocycles. The third-order valence-corrected chi connectivity index (χ3v) is 2.78. The lowest BCUT2D eigenvalue weighted by Crippen LogP contribution is -1.97. The molecule has 0 saturated heterocycles. The van der Waals surface area contributed by atoms with Crippen molar-refractivity contribution >= 4 is 15.9 Å². The number of hydrogen-bond acceptors (Lipinski definition) is 2. The number of phenolic OH excluding ortho intramolecular Hbond substituents is 1. The van der Waals surface area contributed by atoms with E-state index in [4.69, 9.17) is 0 Å². The van der Waals surface area contributed by atoms with Crippen LogP contribution < -0.4 is 0 Å². The van der Waals surface area contributed by atoms with Crippen LogP contribution in [-0.2, 0) is 5.33 Å². The van der Waals surface area contributed by atoms with E-state index >= 15 is 0 Å². The molecule has 0 spiro atoms. The van der Waals surface area contributed by atoms with Gasteiger partial charge in [0.1, 0.15) is 5.75 Å². The second-order valence-corrected chi connectivity index (χ2v) is 3.92. The van der Waals surface area contributed by atoms with Crippen molar-refractivity contribution in [1.29, 1.82) is 0 Å². The van der Waals surface area contributed by atoms with E-state index in [9.17, 15) is 5.11 Å². The maximum Gasteiger partial charge on any atom is 0.115 e. The number of phenols is 1. The van der Waals surface area contributed by atoms with E-state index < -0.39 is 0 Å². The van der Waals surface area contributed by atoms with Crippen LogP contribution in [0.15, 0.2) is 30.5 Å². The molecule has 2 aromatic rings. The minimum atomic E-state index is 0.282. The van der Waals surface area contributed by atoms with Crippen LogP contribution in [-0.4, -0.2) is 14.9 Å². The average Bonchev–Trinajstić information content (AvgIpc) is 2.66. The topological polar surface area (TPSA) is 38.0 Å². The first-order chi connectivity index (χ1) is 7.20. The van der Waals surface area contributed by atoms with Crippen molar-refractivity contribution in [2.45, 2.75) is 12.3 Å². The van der Waals surface area contributed by atoms with E-state index in [1.165, 1.54) is 0 Å². The zero-order chi connectivity index (χ0) is 10.8. The summed E-state index contributed by atoms with van der Waals surface area (Å²) < 4.78 is 1.81. The lowest BCUT2D eigenvalue weighted by Gasteiger charge is -2.05. The molecule has 0 aliphatic carbocycles. The van der Waals surface area contributed by atoms with Gasteiger partial charge in [-0.3, -0.25) is 0 Å². The van der Waals surface area contributed by atoms with E-state index in [2.05, 4.69) is 21.0 Å². The first-order valence-electron chi connectivity index (χ1n) is 4.61. The number of nitrogens with zero attached hydrogens (tertiary/aromatic N) is 2. The fourth-order valence-electron chi connectivity index (χ4n) is 1.46. The van der Waals surface area contributed by atoms with E-state index in [1.54, 1.807) is 12.1 Å². The summed E-state index contributed by atoms with van der Waals surface area (Å²) in [6, 6.07) is 7.21. The standard InChI is InChI=1S/C11H11BrN2O/c1-8-6-10(15)2-3-11(8)14-5-4-9(7-12)13-14/h2-6,15H,7H2,1H3. The molecule has 0 aliphatic rings. The Balaban J connectivity index is 2.44. The molecule has 0 fully saturated rings. The van der Waals surface area contributed by atoms with Gasteiger partial charge in [-0.25, -0.2) is 4.68 Å². The van der Waals surface area contributed by atoms with E-state index in [1.807, 2.05) is 29.9 Å². The molecule has 3 nitrogen and oxygen atoms in total. The fourth-order valence-corrected chi connectivity index (χ4v) is 1.76. The highest BCUT2D eigenvalue weighted by Gasteiger charge is 2.03. The van der Waals surface area contributed by atoms with E-state index in [-0.39, 0.29) is 5.75 Å². The monoisotopic (exact) mass is 266 g/mol. The van der Waals surface area contributed by atoms with Gasteiger partial charge in [-0.05, 0) is 36.8 Å². The van der Waals surface area contributed by atoms with Gasteiger partial charge in [0, 0.05) is 11.5 Å². The number of aryl methyl sites for hydroxylation is 1. The highest BCUT2D eigenvalue weighted by molar-refractivity contribution is 9.08. The van der Waals surface area contributed by atoms with Gasteiger partial charge < -0.3 is 5.11 Å². The number of aromatic hydroxyl groups is 1. The molecule has 0 unspecified atom stereocenters. The van der Waals surface area contributed by atoms with Crippen LogP contribution in [0, 0.1) is 6.92 Å². The van der Waals surface area contributed by atoms with E-state index in [0.29, 0.717) is 0 Å². The molecule has 0 radical (unpaired) electrons. The van der Waals surface area contributed by atoms with Crippen molar-refractivity contribution in [2.24, 2.45) is 0 Å². The number of benzene rings is 1. The molecule has 0 bridgehead atoms. The van der Waals surface area contributed by atoms with Crippen molar-refractivity contribution in [3.05, 3.63) is 41.7 Å². The first-order valence-corrected chi connectivity index (χ1v) is 5.73. The molecule has 78 valence electrons. The summed E-state index contributed by atoms with van der Waals surface area (Å²) in [5.74, 6) is 0.282. The second-order valence-electron chi connectivity index (χ2n) is 3.36. The van der Waals surface area contributed by atoms with Crippen LogP contribution in [0.1, 0.15) is 11.3 Å². The van der Waals surface area contributed by atoms with Gasteiger partial charge in [0.05, 0.1) is 11.4 Å². The van der Waals surface area contributed by atoms with Crippen LogP contribution >= 0.6 is 15.9 Å². The predicted octanol–water partition coefficient (Wildman–Crippen LogP) is 2.78. The lowest BCUT2D eigenvalue weighted by atomic mass is 10.2. The molecule has 1 aromatic heterocycles. The number of alkyl halides is 1. The average molecular weight is 267 g/mol. The molecule has 0 amide bonds. The second kappa shape index (κ2) is 4.06. The first kappa shape index (κ1) is 10.2. The van der Waals surface area contributed by atoms with Crippen molar-refractivity contribution in [2.75, 3.05) is 0 Å². The fraction of sp³-hybridized carbons (Fsp3) is 0.182. The van der Waals surface area contributed by atoms with Crippen molar-refractivity contribution in [1.82, 2.24) is 9.78 Å². The number of rotatable bonds is 2. The summed E-state index contributed by atoms with van der Waals surface area (Å²) in [6.07, 6.45) is 1.91. The summed E-state index contributed by atoms with van der Waals surface area (Å²) in [7, 11) is 0. The van der Waals surface area contributed by atoms with Crippen molar-refractivity contribution in [3.8, 4) is 11.4 Å². The van der Waals surface area contributed by atoms with E-state index in [0.717, 1.165) is 22.3 Å².